The predicted molar refractivity (Wildman–Crippen MR) is 97.4 cm³/mol. The van der Waals surface area contributed by atoms with E-state index in [2.05, 4.69) is 0 Å². The van der Waals surface area contributed by atoms with Crippen LogP contribution in [0.5, 0.6) is 0 Å². The van der Waals surface area contributed by atoms with E-state index in [0.29, 0.717) is 12.1 Å². The van der Waals surface area contributed by atoms with Crippen LogP contribution >= 0.6 is 11.6 Å². The minimum Gasteiger partial charge on any atom is -0.396 e. The number of nitrogens with two attached hydrogens (primary N) is 1. The summed E-state index contributed by atoms with van der Waals surface area (Å²) >= 11 is 5.57. The van der Waals surface area contributed by atoms with Gasteiger partial charge in [0, 0.05) is 5.69 Å². The molecule has 5 N–H and O–H groups in total. The molecule has 1 aromatic carbocycles. The summed E-state index contributed by atoms with van der Waals surface area (Å²) in [6, 6.07) is 1.22. The van der Waals surface area contributed by atoms with E-state index in [1.807, 2.05) is 5.32 Å². The molecule has 0 fully saturated rings. The van der Waals surface area contributed by atoms with E-state index in [1.54, 1.807) is 0 Å². The van der Waals surface area contributed by atoms with E-state index in [9.17, 15) is 30.0 Å². The van der Waals surface area contributed by atoms with Gasteiger partial charge in [-0.05, 0) is 25.5 Å². The monoisotopic (exact) mass is 464 g/mol. The average Bonchev–Trinajstić information content (AvgIpc) is 2.46. The van der Waals surface area contributed by atoms with Gasteiger partial charge in [-0.3, -0.25) is 13.9 Å². The van der Waals surface area contributed by atoms with Crippen molar-refractivity contribution in [3.8, 4) is 0 Å². The average molecular weight is 465 g/mol. The minimum atomic E-state index is -5.03. The Labute approximate surface area is 161 Å². The molecule has 27 heavy (non-hydrogen) atoms. The van der Waals surface area contributed by atoms with Crippen molar-refractivity contribution in [3.05, 3.63) is 12.1 Å². The molecule has 0 aromatic heterocycles. The summed E-state index contributed by atoms with van der Waals surface area (Å²) in [5.41, 5.74) is 3.83. The van der Waals surface area contributed by atoms with Crippen molar-refractivity contribution in [2.45, 2.75) is 40.0 Å². The van der Waals surface area contributed by atoms with Crippen LogP contribution in [-0.2, 0) is 34.9 Å². The number of anilines is 2. The van der Waals surface area contributed by atoms with Crippen molar-refractivity contribution >= 4 is 59.0 Å². The summed E-state index contributed by atoms with van der Waals surface area (Å²) in [5.74, 6) is -1.13. The molecule has 1 amide bonds. The van der Waals surface area contributed by atoms with E-state index >= 15 is 0 Å². The molecule has 1 rings (SSSR count). The molecule has 0 bridgehead atoms. The molecule has 0 aliphatic rings. The second-order valence-corrected chi connectivity index (χ2v) is 11.5. The van der Waals surface area contributed by atoms with Gasteiger partial charge in [-0.2, -0.15) is 16.8 Å². The molecule has 2 atom stereocenters. The Morgan fingerprint density at radius 1 is 1.11 bits per heavy atom. The van der Waals surface area contributed by atoms with Gasteiger partial charge in [0.25, 0.3) is 20.2 Å². The van der Waals surface area contributed by atoms with Crippen molar-refractivity contribution in [1.29, 1.82) is 0 Å². The zero-order valence-corrected chi connectivity index (χ0v) is 17.2. The molecule has 0 aliphatic carbocycles. The number of amides is 1. The number of carbonyl (C=O) groups is 1. The zero-order valence-electron chi connectivity index (χ0n) is 13.9. The molecule has 0 heterocycles. The molecule has 15 heteroatoms. The summed E-state index contributed by atoms with van der Waals surface area (Å²) in [6.07, 6.45) is -0.184. The Morgan fingerprint density at radius 3 is 1.81 bits per heavy atom. The lowest BCUT2D eigenvalue weighted by atomic mass is 10.2. The Balaban J connectivity index is 3.54. The van der Waals surface area contributed by atoms with E-state index in [1.165, 1.54) is 6.92 Å². The lowest BCUT2D eigenvalue weighted by molar-refractivity contribution is -0.115. The van der Waals surface area contributed by atoms with Crippen LogP contribution in [-0.4, -0.2) is 50.2 Å². The third kappa shape index (κ3) is 5.30. The van der Waals surface area contributed by atoms with Crippen molar-refractivity contribution in [2.75, 3.05) is 11.1 Å². The summed E-state index contributed by atoms with van der Waals surface area (Å²) < 4.78 is 86.7. The third-order valence-electron chi connectivity index (χ3n) is 3.44. The van der Waals surface area contributed by atoms with Gasteiger partial charge >= 0.3 is 0 Å². The number of hydrogen-bond donors (Lipinski definition) is 4. The number of nitrogens with one attached hydrogen (secondary N) is 1. The number of carbonyl (C=O) groups excluding carboxylic acids is 1. The largest absolute Gasteiger partial charge is 0.396 e. The van der Waals surface area contributed by atoms with Crippen LogP contribution in [0.15, 0.2) is 21.9 Å². The molecule has 11 nitrogen and oxygen atoms in total. The summed E-state index contributed by atoms with van der Waals surface area (Å²) in [7, 11) is -14.2. The molecule has 0 aliphatic heterocycles. The van der Waals surface area contributed by atoms with Gasteiger partial charge in [0.15, 0.2) is 9.84 Å². The standard InChI is InChI=1S/C12H17ClN2O9S3/c1-3-8(25(17,18)6(2)13)12(16)15-7-4-9(26(19,20)21)11(14)10(5-7)27(22,23)24/h4-6,8H,3,14H2,1-2H3,(H,15,16)(H,19,20,21)(H,22,23,24). The maximum absolute atomic E-state index is 12.3. The topological polar surface area (TPSA) is 198 Å². The molecule has 1 aromatic rings. The van der Waals surface area contributed by atoms with Gasteiger partial charge in [-0.25, -0.2) is 8.42 Å². The highest BCUT2D eigenvalue weighted by molar-refractivity contribution is 7.94. The van der Waals surface area contributed by atoms with Gasteiger partial charge in [0.1, 0.15) is 19.8 Å². The van der Waals surface area contributed by atoms with Gasteiger partial charge in [-0.1, -0.05) is 6.92 Å². The van der Waals surface area contributed by atoms with Crippen molar-refractivity contribution in [3.63, 3.8) is 0 Å². The lowest BCUT2D eigenvalue weighted by Gasteiger charge is -2.18. The first-order chi connectivity index (χ1) is 12.0. The van der Waals surface area contributed by atoms with E-state index in [0.717, 1.165) is 6.92 Å². The number of nitrogen functional groups attached to an aromatic ring is 1. The summed E-state index contributed by atoms with van der Waals surface area (Å²) in [4.78, 5) is 10.1. The highest BCUT2D eigenvalue weighted by atomic mass is 35.5. The van der Waals surface area contributed by atoms with E-state index in [4.69, 9.17) is 26.4 Å². The van der Waals surface area contributed by atoms with Crippen LogP contribution in [0.25, 0.3) is 0 Å². The number of sulfone groups is 1. The van der Waals surface area contributed by atoms with Crippen molar-refractivity contribution < 1.29 is 39.2 Å². The Kier molecular flexibility index (Phi) is 6.89. The molecule has 0 radical (unpaired) electrons. The second kappa shape index (κ2) is 7.89. The molecule has 0 saturated carbocycles. The first kappa shape index (κ1) is 23.6. The normalized spacial score (nSPS) is 15.1. The van der Waals surface area contributed by atoms with Crippen LogP contribution in [0, 0.1) is 0 Å². The first-order valence-corrected chi connectivity index (χ1v) is 12.0. The molecule has 2 unspecified atom stereocenters. The molecular weight excluding hydrogens is 448 g/mol. The van der Waals surface area contributed by atoms with Crippen LogP contribution in [0.3, 0.4) is 0 Å². The van der Waals surface area contributed by atoms with Gasteiger partial charge in [0.05, 0.1) is 5.69 Å². The van der Waals surface area contributed by atoms with Crippen molar-refractivity contribution in [1.82, 2.24) is 0 Å². The Hall–Kier alpha value is -1.45. The lowest BCUT2D eigenvalue weighted by Crippen LogP contribution is -2.38. The number of hydrogen-bond acceptors (Lipinski definition) is 8. The fraction of sp³-hybridized carbons (Fsp3) is 0.417. The highest BCUT2D eigenvalue weighted by Crippen LogP contribution is 2.31. The smallest absolute Gasteiger partial charge is 0.296 e. The Bertz CT molecular complexity index is 1010. The fourth-order valence-corrected chi connectivity index (χ4v) is 5.16. The number of benzene rings is 1. The molecule has 0 spiro atoms. The number of rotatable bonds is 7. The zero-order chi connectivity index (χ0) is 21.4. The summed E-state index contributed by atoms with van der Waals surface area (Å²) in [6.45, 7) is 2.53. The highest BCUT2D eigenvalue weighted by Gasteiger charge is 2.35. The van der Waals surface area contributed by atoms with E-state index < -0.39 is 67.1 Å². The quantitative estimate of drug-likeness (QED) is 0.250. The maximum atomic E-state index is 12.3. The molecular formula is C12H17ClN2O9S3. The first-order valence-electron chi connectivity index (χ1n) is 7.09. The minimum absolute atomic E-state index is 0.184. The molecule has 154 valence electrons. The summed E-state index contributed by atoms with van der Waals surface area (Å²) in [5, 5.41) is 0.403. The van der Waals surface area contributed by atoms with Crippen LogP contribution < -0.4 is 11.1 Å². The van der Waals surface area contributed by atoms with Crippen LogP contribution in [0.2, 0.25) is 0 Å². The van der Waals surface area contributed by atoms with Crippen LogP contribution in [0.1, 0.15) is 20.3 Å². The van der Waals surface area contributed by atoms with Gasteiger partial charge in [0.2, 0.25) is 5.91 Å². The predicted octanol–water partition coefficient (Wildman–Crippen LogP) is 0.479. The fourth-order valence-electron chi connectivity index (χ4n) is 2.12. The Morgan fingerprint density at radius 2 is 1.52 bits per heavy atom. The van der Waals surface area contributed by atoms with Gasteiger partial charge in [-0.15, -0.1) is 11.6 Å². The third-order valence-corrected chi connectivity index (χ3v) is 8.22. The second-order valence-electron chi connectivity index (χ2n) is 5.35. The van der Waals surface area contributed by atoms with E-state index in [-0.39, 0.29) is 6.42 Å². The SMILES string of the molecule is CCC(C(=O)Nc1cc(S(=O)(=O)O)c(N)c(S(=O)(=O)O)c1)S(=O)(=O)C(C)Cl. The van der Waals surface area contributed by atoms with Crippen LogP contribution in [0.4, 0.5) is 11.4 Å². The molecule has 0 saturated heterocycles. The number of alkyl halides is 1. The van der Waals surface area contributed by atoms with Crippen molar-refractivity contribution in [2.24, 2.45) is 0 Å². The van der Waals surface area contributed by atoms with Gasteiger partial charge < -0.3 is 11.1 Å². The maximum Gasteiger partial charge on any atom is 0.296 e. The number of halogens is 1.